The van der Waals surface area contributed by atoms with Crippen molar-refractivity contribution in [3.8, 4) is 22.8 Å². The monoisotopic (exact) mass is 565 g/mol. The summed E-state index contributed by atoms with van der Waals surface area (Å²) in [5, 5.41) is 7.15. The molecule has 2 saturated heterocycles. The largest absolute Gasteiger partial charge is 0.456 e. The number of aromatic amines is 1. The maximum absolute atomic E-state index is 12.7. The van der Waals surface area contributed by atoms with Gasteiger partial charge in [0, 0.05) is 67.4 Å². The van der Waals surface area contributed by atoms with Crippen LogP contribution in [-0.2, 0) is 15.9 Å². The lowest BCUT2D eigenvalue weighted by Crippen LogP contribution is -2.44. The van der Waals surface area contributed by atoms with Gasteiger partial charge in [-0.25, -0.2) is 0 Å². The summed E-state index contributed by atoms with van der Waals surface area (Å²) in [6.07, 6.45) is 2.58. The van der Waals surface area contributed by atoms with Crippen LogP contribution in [0, 0.1) is 6.92 Å². The number of benzene rings is 2. The van der Waals surface area contributed by atoms with Crippen LogP contribution < -0.4 is 25.8 Å². The molecule has 1 unspecified atom stereocenters. The molecule has 2 fully saturated rings. The zero-order chi connectivity index (χ0) is 28.5. The van der Waals surface area contributed by atoms with Crippen molar-refractivity contribution in [2.45, 2.75) is 25.5 Å². The Hall–Kier alpha value is -4.18. The first-order valence-electron chi connectivity index (χ1n) is 14.6. The number of nitrogens with zero attached hydrogens (tertiary/aromatic N) is 2. The first kappa shape index (κ1) is 26.7. The Morgan fingerprint density at radius 3 is 2.74 bits per heavy atom. The predicted molar refractivity (Wildman–Crippen MR) is 163 cm³/mol. The average molecular weight is 566 g/mol. The van der Waals surface area contributed by atoms with Gasteiger partial charge in [-0.1, -0.05) is 18.2 Å². The van der Waals surface area contributed by atoms with Gasteiger partial charge in [-0.15, -0.1) is 0 Å². The lowest BCUT2D eigenvalue weighted by atomic mass is 9.95. The number of anilines is 2. The van der Waals surface area contributed by atoms with E-state index in [1.54, 1.807) is 6.07 Å². The number of rotatable bonds is 6. The fourth-order valence-electron chi connectivity index (χ4n) is 5.96. The highest BCUT2D eigenvalue weighted by Crippen LogP contribution is 2.43. The van der Waals surface area contributed by atoms with Gasteiger partial charge in [0.15, 0.2) is 0 Å². The molecule has 0 amide bonds. The van der Waals surface area contributed by atoms with Gasteiger partial charge in [0.1, 0.15) is 11.5 Å². The number of hydrogen-bond acceptors (Lipinski definition) is 8. The molecule has 3 N–H and O–H groups in total. The van der Waals surface area contributed by atoms with E-state index in [0.717, 1.165) is 89.1 Å². The molecule has 216 valence electrons. The minimum absolute atomic E-state index is 0.0418. The summed E-state index contributed by atoms with van der Waals surface area (Å²) in [4.78, 5) is 22.6. The lowest BCUT2D eigenvalue weighted by Gasteiger charge is -2.32. The SMILES string of the molecule is Cc1ccc(C(Nc2ccc3c(c2)Cc2cccc(-c4cc(N5CCOCC5)cc(=O)[nH]4)c2O3)[C@H]2CNCCO2)nc1. The zero-order valence-corrected chi connectivity index (χ0v) is 23.7. The fourth-order valence-corrected chi connectivity index (χ4v) is 5.96. The third-order valence-electron chi connectivity index (χ3n) is 8.15. The van der Waals surface area contributed by atoms with E-state index in [-0.39, 0.29) is 17.7 Å². The Morgan fingerprint density at radius 1 is 1.02 bits per heavy atom. The number of aryl methyl sites for hydroxylation is 1. The van der Waals surface area contributed by atoms with Crippen molar-refractivity contribution in [1.82, 2.24) is 15.3 Å². The summed E-state index contributed by atoms with van der Waals surface area (Å²) in [7, 11) is 0. The molecule has 0 saturated carbocycles. The third kappa shape index (κ3) is 5.51. The van der Waals surface area contributed by atoms with E-state index in [2.05, 4.69) is 44.8 Å². The number of fused-ring (bicyclic) bond motifs is 2. The highest BCUT2D eigenvalue weighted by molar-refractivity contribution is 5.74. The van der Waals surface area contributed by atoms with E-state index < -0.39 is 0 Å². The Kier molecular flexibility index (Phi) is 7.37. The number of para-hydroxylation sites is 1. The summed E-state index contributed by atoms with van der Waals surface area (Å²) in [6.45, 7) is 7.18. The smallest absolute Gasteiger partial charge is 0.250 e. The van der Waals surface area contributed by atoms with Crippen LogP contribution in [0.2, 0.25) is 0 Å². The maximum Gasteiger partial charge on any atom is 0.250 e. The second-order valence-electron chi connectivity index (χ2n) is 11.1. The summed E-state index contributed by atoms with van der Waals surface area (Å²) >= 11 is 0. The van der Waals surface area contributed by atoms with E-state index in [4.69, 9.17) is 19.2 Å². The molecule has 3 aliphatic heterocycles. The van der Waals surface area contributed by atoms with Crippen LogP contribution in [-0.4, -0.2) is 62.1 Å². The topological polar surface area (TPSA) is 101 Å². The molecule has 2 aromatic heterocycles. The molecule has 7 rings (SSSR count). The first-order valence-corrected chi connectivity index (χ1v) is 14.6. The van der Waals surface area contributed by atoms with Crippen molar-refractivity contribution < 1.29 is 14.2 Å². The minimum Gasteiger partial charge on any atom is -0.456 e. The number of nitrogens with one attached hydrogen (secondary N) is 3. The van der Waals surface area contributed by atoms with E-state index in [9.17, 15) is 4.79 Å². The third-order valence-corrected chi connectivity index (χ3v) is 8.15. The average Bonchev–Trinajstić information content (AvgIpc) is 3.03. The van der Waals surface area contributed by atoms with E-state index >= 15 is 0 Å². The zero-order valence-electron chi connectivity index (χ0n) is 23.7. The van der Waals surface area contributed by atoms with Crippen LogP contribution in [0.4, 0.5) is 11.4 Å². The molecular formula is C33H35N5O4. The lowest BCUT2D eigenvalue weighted by molar-refractivity contribution is 0.0157. The van der Waals surface area contributed by atoms with Gasteiger partial charge < -0.3 is 34.7 Å². The Balaban J connectivity index is 1.16. The van der Waals surface area contributed by atoms with Crippen LogP contribution in [0.1, 0.15) is 28.4 Å². The second-order valence-corrected chi connectivity index (χ2v) is 11.1. The molecule has 5 heterocycles. The molecule has 2 aromatic carbocycles. The van der Waals surface area contributed by atoms with E-state index in [0.29, 0.717) is 19.8 Å². The number of pyridine rings is 2. The van der Waals surface area contributed by atoms with Crippen LogP contribution in [0.15, 0.2) is 71.7 Å². The molecular weight excluding hydrogens is 530 g/mol. The normalized spacial score (nSPS) is 18.9. The van der Waals surface area contributed by atoms with Gasteiger partial charge in [0.05, 0.1) is 43.4 Å². The van der Waals surface area contributed by atoms with Crippen molar-refractivity contribution in [3.63, 3.8) is 0 Å². The van der Waals surface area contributed by atoms with E-state index in [1.165, 1.54) is 0 Å². The first-order chi connectivity index (χ1) is 20.6. The Labute approximate surface area is 244 Å². The van der Waals surface area contributed by atoms with Crippen LogP contribution in [0.3, 0.4) is 0 Å². The van der Waals surface area contributed by atoms with Crippen molar-refractivity contribution in [3.05, 3.63) is 99.6 Å². The van der Waals surface area contributed by atoms with Gasteiger partial charge in [-0.05, 0) is 54.4 Å². The number of morpholine rings is 2. The van der Waals surface area contributed by atoms with Crippen molar-refractivity contribution in [1.29, 1.82) is 0 Å². The summed E-state index contributed by atoms with van der Waals surface area (Å²) in [5.41, 5.74) is 7.63. The van der Waals surface area contributed by atoms with Gasteiger partial charge in [0.25, 0.3) is 0 Å². The summed E-state index contributed by atoms with van der Waals surface area (Å²) < 4.78 is 18.2. The number of ether oxygens (including phenoxy) is 3. The maximum atomic E-state index is 12.7. The summed E-state index contributed by atoms with van der Waals surface area (Å²) in [6, 6.07) is 20.1. The molecule has 9 nitrogen and oxygen atoms in total. The highest BCUT2D eigenvalue weighted by atomic mass is 16.5. The van der Waals surface area contributed by atoms with Crippen LogP contribution in [0.25, 0.3) is 11.3 Å². The summed E-state index contributed by atoms with van der Waals surface area (Å²) in [5.74, 6) is 1.59. The molecule has 0 bridgehead atoms. The van der Waals surface area contributed by atoms with E-state index in [1.807, 2.05) is 43.5 Å². The van der Waals surface area contributed by atoms with Crippen molar-refractivity contribution in [2.24, 2.45) is 0 Å². The molecule has 2 atom stereocenters. The standard InChI is InChI=1S/C33H35N5O4/c1-21-5-7-27(35-19-21)32(30-20-34-9-12-41-30)36-24-6-8-29-23(16-24)15-22-3-2-4-26(33(22)42-29)28-17-25(18-31(39)37-28)38-10-13-40-14-11-38/h2-8,16-19,30,32,34,36H,9-15,20H2,1H3,(H,37,39)/t30-,32?/m1/s1. The van der Waals surface area contributed by atoms with Gasteiger partial charge in [0.2, 0.25) is 5.56 Å². The fraction of sp³-hybridized carbons (Fsp3) is 0.333. The van der Waals surface area contributed by atoms with Gasteiger partial charge >= 0.3 is 0 Å². The number of hydrogen-bond donors (Lipinski definition) is 3. The molecule has 9 heteroatoms. The van der Waals surface area contributed by atoms with Crippen molar-refractivity contribution in [2.75, 3.05) is 56.2 Å². The molecule has 3 aliphatic rings. The van der Waals surface area contributed by atoms with Crippen LogP contribution >= 0.6 is 0 Å². The van der Waals surface area contributed by atoms with Gasteiger partial charge in [-0.3, -0.25) is 9.78 Å². The van der Waals surface area contributed by atoms with Crippen molar-refractivity contribution >= 4 is 11.4 Å². The molecule has 0 radical (unpaired) electrons. The molecule has 0 aliphatic carbocycles. The minimum atomic E-state index is -0.131. The Bertz CT molecular complexity index is 1620. The number of aromatic nitrogens is 2. The molecule has 0 spiro atoms. The molecule has 42 heavy (non-hydrogen) atoms. The quantitative estimate of drug-likeness (QED) is 0.278. The van der Waals surface area contributed by atoms with Gasteiger partial charge in [-0.2, -0.15) is 0 Å². The highest BCUT2D eigenvalue weighted by Gasteiger charge is 2.28. The second kappa shape index (κ2) is 11.6. The Morgan fingerprint density at radius 2 is 1.93 bits per heavy atom. The molecule has 4 aromatic rings. The number of H-pyrrole nitrogens is 1. The predicted octanol–water partition coefficient (Wildman–Crippen LogP) is 4.42. The van der Waals surface area contributed by atoms with Crippen LogP contribution in [0.5, 0.6) is 11.5 Å².